The second-order valence-electron chi connectivity index (χ2n) is 9.76. The van der Waals surface area contributed by atoms with E-state index in [2.05, 4.69) is 113 Å². The lowest BCUT2D eigenvalue weighted by Crippen LogP contribution is -1.89. The number of nitrogens with zero attached hydrogens (tertiary/aromatic N) is 3. The summed E-state index contributed by atoms with van der Waals surface area (Å²) in [6, 6.07) is 40.8. The number of aromatic nitrogens is 3. The Morgan fingerprint density at radius 3 is 1.74 bits per heavy atom. The van der Waals surface area contributed by atoms with Gasteiger partial charge >= 0.3 is 0 Å². The summed E-state index contributed by atoms with van der Waals surface area (Å²) < 4.78 is 0. The zero-order valence-electron chi connectivity index (χ0n) is 20.5. The molecule has 8 aromatic rings. The van der Waals surface area contributed by atoms with Gasteiger partial charge in [0.15, 0.2) is 0 Å². The molecule has 0 saturated heterocycles. The molecular weight excluding hydrogens is 462 g/mol. The van der Waals surface area contributed by atoms with Gasteiger partial charge in [-0.05, 0) is 63.7 Å². The van der Waals surface area contributed by atoms with Gasteiger partial charge in [-0.15, -0.1) is 0 Å². The molecule has 0 atom stereocenters. The molecule has 0 bridgehead atoms. The maximum atomic E-state index is 5.05. The molecule has 38 heavy (non-hydrogen) atoms. The normalized spacial score (nSPS) is 11.7. The van der Waals surface area contributed by atoms with Crippen LogP contribution in [0.5, 0.6) is 0 Å². The van der Waals surface area contributed by atoms with Crippen LogP contribution < -0.4 is 0 Å². The van der Waals surface area contributed by atoms with Crippen LogP contribution in [0.3, 0.4) is 0 Å². The standard InChI is InChI=1S/C35H21N3/c1-3-24-9-7-23-8-13-28(21-31(23)33(24)36-17-1)27-12-5-22-6-14-29(20-30(22)19-27)32-16-15-26-11-10-25-4-2-18-37-34(25)35(26)38-32/h1-21H. The SMILES string of the molecule is c1cnc2c(c1)ccc1ccc(-c3ccc4ccc(-c5ccc6ccc7cccnc7c6n5)cc4c3)cc12. The van der Waals surface area contributed by atoms with Gasteiger partial charge in [-0.3, -0.25) is 9.97 Å². The third-order valence-corrected chi connectivity index (χ3v) is 7.49. The average molecular weight is 484 g/mol. The number of fused-ring (bicyclic) bond motifs is 7. The van der Waals surface area contributed by atoms with Crippen molar-refractivity contribution in [3.63, 3.8) is 0 Å². The van der Waals surface area contributed by atoms with Crippen LogP contribution in [0, 0.1) is 0 Å². The van der Waals surface area contributed by atoms with E-state index in [0.717, 1.165) is 44.0 Å². The first-order valence-electron chi connectivity index (χ1n) is 12.8. The highest BCUT2D eigenvalue weighted by atomic mass is 14.7. The second kappa shape index (κ2) is 8.19. The molecule has 0 unspecified atom stereocenters. The van der Waals surface area contributed by atoms with E-state index in [-0.39, 0.29) is 0 Å². The maximum absolute atomic E-state index is 5.05. The number of hydrogen-bond donors (Lipinski definition) is 0. The van der Waals surface area contributed by atoms with Crippen molar-refractivity contribution in [2.75, 3.05) is 0 Å². The second-order valence-corrected chi connectivity index (χ2v) is 9.76. The molecule has 0 N–H and O–H groups in total. The van der Waals surface area contributed by atoms with Crippen LogP contribution in [0.15, 0.2) is 128 Å². The lowest BCUT2D eigenvalue weighted by molar-refractivity contribution is 1.37. The zero-order valence-corrected chi connectivity index (χ0v) is 20.5. The van der Waals surface area contributed by atoms with Gasteiger partial charge in [-0.2, -0.15) is 0 Å². The summed E-state index contributed by atoms with van der Waals surface area (Å²) in [6.45, 7) is 0. The lowest BCUT2D eigenvalue weighted by atomic mass is 9.96. The number of hydrogen-bond acceptors (Lipinski definition) is 3. The van der Waals surface area contributed by atoms with Crippen molar-refractivity contribution in [2.24, 2.45) is 0 Å². The molecule has 0 radical (unpaired) electrons. The molecule has 0 fully saturated rings. The van der Waals surface area contributed by atoms with E-state index >= 15 is 0 Å². The van der Waals surface area contributed by atoms with Gasteiger partial charge in [-0.1, -0.05) is 78.9 Å². The average Bonchev–Trinajstić information content (AvgIpc) is 3.00. The van der Waals surface area contributed by atoms with Crippen LogP contribution in [-0.2, 0) is 0 Å². The summed E-state index contributed by atoms with van der Waals surface area (Å²) >= 11 is 0. The maximum Gasteiger partial charge on any atom is 0.0972 e. The first kappa shape index (κ1) is 21.0. The summed E-state index contributed by atoms with van der Waals surface area (Å²) in [5.41, 5.74) is 7.33. The zero-order chi connectivity index (χ0) is 25.1. The Balaban J connectivity index is 1.26. The molecule has 0 aliphatic rings. The highest BCUT2D eigenvalue weighted by Crippen LogP contribution is 2.33. The van der Waals surface area contributed by atoms with E-state index in [1.54, 1.807) is 0 Å². The number of rotatable bonds is 2. The van der Waals surface area contributed by atoms with E-state index in [4.69, 9.17) is 4.98 Å². The van der Waals surface area contributed by atoms with Crippen molar-refractivity contribution in [1.29, 1.82) is 0 Å². The molecule has 3 aromatic heterocycles. The molecule has 0 aliphatic carbocycles. The van der Waals surface area contributed by atoms with Gasteiger partial charge in [0, 0.05) is 39.5 Å². The monoisotopic (exact) mass is 483 g/mol. The molecule has 176 valence electrons. The Morgan fingerprint density at radius 2 is 0.921 bits per heavy atom. The Hall–Kier alpha value is -5.15. The molecule has 0 saturated carbocycles. The van der Waals surface area contributed by atoms with Crippen LogP contribution in [0.25, 0.3) is 76.6 Å². The van der Waals surface area contributed by atoms with Gasteiger partial charge in [0.05, 0.1) is 22.2 Å². The quantitative estimate of drug-likeness (QED) is 0.230. The Bertz CT molecular complexity index is 2040. The molecule has 5 aromatic carbocycles. The minimum Gasteiger partial charge on any atom is -0.256 e. The molecule has 0 aliphatic heterocycles. The molecule has 8 rings (SSSR count). The molecule has 3 heteroatoms. The van der Waals surface area contributed by atoms with Crippen LogP contribution in [0.4, 0.5) is 0 Å². The van der Waals surface area contributed by atoms with Crippen molar-refractivity contribution in [2.45, 2.75) is 0 Å². The largest absolute Gasteiger partial charge is 0.256 e. The van der Waals surface area contributed by atoms with Crippen molar-refractivity contribution < 1.29 is 0 Å². The first-order chi connectivity index (χ1) is 18.8. The fraction of sp³-hybridized carbons (Fsp3) is 0. The van der Waals surface area contributed by atoms with E-state index in [1.807, 2.05) is 24.5 Å². The van der Waals surface area contributed by atoms with E-state index in [1.165, 1.54) is 32.7 Å². The van der Waals surface area contributed by atoms with Crippen molar-refractivity contribution in [1.82, 2.24) is 15.0 Å². The minimum absolute atomic E-state index is 0.937. The number of benzene rings is 5. The summed E-state index contributed by atoms with van der Waals surface area (Å²) in [5.74, 6) is 0. The van der Waals surface area contributed by atoms with Gasteiger partial charge in [-0.25, -0.2) is 4.98 Å². The van der Waals surface area contributed by atoms with Crippen LogP contribution in [0.2, 0.25) is 0 Å². The van der Waals surface area contributed by atoms with Crippen LogP contribution in [0.1, 0.15) is 0 Å². The summed E-state index contributed by atoms with van der Waals surface area (Å²) in [6.07, 6.45) is 3.70. The lowest BCUT2D eigenvalue weighted by Gasteiger charge is -2.10. The summed E-state index contributed by atoms with van der Waals surface area (Å²) in [7, 11) is 0. The van der Waals surface area contributed by atoms with Gasteiger partial charge < -0.3 is 0 Å². The highest BCUT2D eigenvalue weighted by molar-refractivity contribution is 6.07. The topological polar surface area (TPSA) is 38.7 Å². The predicted molar refractivity (Wildman–Crippen MR) is 158 cm³/mol. The Morgan fingerprint density at radius 1 is 0.368 bits per heavy atom. The highest BCUT2D eigenvalue weighted by Gasteiger charge is 2.09. The Labute approximate surface area is 219 Å². The van der Waals surface area contributed by atoms with Gasteiger partial charge in [0.25, 0.3) is 0 Å². The minimum atomic E-state index is 0.937. The van der Waals surface area contributed by atoms with E-state index in [0.29, 0.717) is 0 Å². The fourth-order valence-corrected chi connectivity index (χ4v) is 5.51. The van der Waals surface area contributed by atoms with Crippen LogP contribution in [-0.4, -0.2) is 15.0 Å². The molecule has 0 spiro atoms. The Kier molecular flexibility index (Phi) is 4.52. The summed E-state index contributed by atoms with van der Waals surface area (Å²) in [4.78, 5) is 14.3. The molecule has 3 nitrogen and oxygen atoms in total. The fourth-order valence-electron chi connectivity index (χ4n) is 5.51. The third kappa shape index (κ3) is 3.33. The predicted octanol–water partition coefficient (Wildman–Crippen LogP) is 8.97. The van der Waals surface area contributed by atoms with Crippen LogP contribution >= 0.6 is 0 Å². The van der Waals surface area contributed by atoms with E-state index < -0.39 is 0 Å². The third-order valence-electron chi connectivity index (χ3n) is 7.49. The molecule has 3 heterocycles. The summed E-state index contributed by atoms with van der Waals surface area (Å²) in [5, 5.41) is 8.13. The van der Waals surface area contributed by atoms with Crippen molar-refractivity contribution >= 4 is 54.3 Å². The van der Waals surface area contributed by atoms with Crippen molar-refractivity contribution in [3.8, 4) is 22.4 Å². The van der Waals surface area contributed by atoms with Crippen molar-refractivity contribution in [3.05, 3.63) is 128 Å². The molecule has 0 amide bonds. The first-order valence-corrected chi connectivity index (χ1v) is 12.8. The number of pyridine rings is 3. The van der Waals surface area contributed by atoms with Gasteiger partial charge in [0.2, 0.25) is 0 Å². The smallest absolute Gasteiger partial charge is 0.0972 e. The van der Waals surface area contributed by atoms with E-state index in [9.17, 15) is 0 Å². The molecular formula is C35H21N3. The van der Waals surface area contributed by atoms with Gasteiger partial charge in [0.1, 0.15) is 0 Å².